The van der Waals surface area contributed by atoms with Gasteiger partial charge in [0.1, 0.15) is 5.82 Å². The number of benzene rings is 1. The van der Waals surface area contributed by atoms with Crippen molar-refractivity contribution in [1.82, 2.24) is 5.32 Å². The van der Waals surface area contributed by atoms with E-state index in [4.69, 9.17) is 0 Å². The van der Waals surface area contributed by atoms with Gasteiger partial charge in [-0.3, -0.25) is 0 Å². The molecule has 1 aliphatic heterocycles. The molecular weight excluding hydrogens is 269 g/mol. The molecule has 3 heteroatoms. The van der Waals surface area contributed by atoms with Crippen molar-refractivity contribution < 1.29 is 4.39 Å². The van der Waals surface area contributed by atoms with E-state index in [9.17, 15) is 4.39 Å². The van der Waals surface area contributed by atoms with Crippen LogP contribution in [0.3, 0.4) is 0 Å². The van der Waals surface area contributed by atoms with Gasteiger partial charge >= 0.3 is 0 Å². The number of rotatable bonds is 1. The molecule has 0 bridgehead atoms. The molecule has 0 radical (unpaired) electrons. The predicted octanol–water partition coefficient (Wildman–Crippen LogP) is 4.02. The average Bonchev–Trinajstić information content (AvgIpc) is 2.28. The van der Waals surface area contributed by atoms with E-state index in [1.807, 2.05) is 6.92 Å². The first-order valence-electron chi connectivity index (χ1n) is 5.79. The molecule has 0 aromatic heterocycles. The summed E-state index contributed by atoms with van der Waals surface area (Å²) in [4.78, 5) is 0. The molecule has 1 nitrogen and oxygen atoms in total. The zero-order valence-electron chi connectivity index (χ0n) is 9.74. The van der Waals surface area contributed by atoms with Crippen LogP contribution in [0.4, 0.5) is 4.39 Å². The first-order valence-corrected chi connectivity index (χ1v) is 6.59. The zero-order valence-corrected chi connectivity index (χ0v) is 11.3. The fourth-order valence-corrected chi connectivity index (χ4v) is 2.90. The second-order valence-corrected chi connectivity index (χ2v) is 5.36. The Morgan fingerprint density at radius 2 is 2.06 bits per heavy atom. The molecule has 1 atom stereocenters. The van der Waals surface area contributed by atoms with Crippen molar-refractivity contribution in [3.05, 3.63) is 33.0 Å². The lowest BCUT2D eigenvalue weighted by Crippen LogP contribution is -2.28. The Labute approximate surface area is 105 Å². The lowest BCUT2D eigenvalue weighted by Gasteiger charge is -2.27. The van der Waals surface area contributed by atoms with Crippen molar-refractivity contribution in [2.45, 2.75) is 39.2 Å². The van der Waals surface area contributed by atoms with Crippen LogP contribution in [0.5, 0.6) is 0 Å². The molecule has 1 aromatic carbocycles. The molecule has 88 valence electrons. The van der Waals surface area contributed by atoms with Crippen LogP contribution in [0, 0.1) is 19.7 Å². The maximum atomic E-state index is 13.7. The van der Waals surface area contributed by atoms with Crippen LogP contribution in [0.1, 0.15) is 42.0 Å². The maximum Gasteiger partial charge on any atom is 0.127 e. The van der Waals surface area contributed by atoms with E-state index in [0.717, 1.165) is 28.6 Å². The third kappa shape index (κ3) is 2.16. The monoisotopic (exact) mass is 285 g/mol. The lowest BCUT2D eigenvalue weighted by molar-refractivity contribution is 0.407. The smallest absolute Gasteiger partial charge is 0.127 e. The van der Waals surface area contributed by atoms with Gasteiger partial charge in [0.2, 0.25) is 0 Å². The molecule has 0 amide bonds. The van der Waals surface area contributed by atoms with E-state index < -0.39 is 0 Å². The van der Waals surface area contributed by atoms with Crippen LogP contribution in [0.15, 0.2) is 10.5 Å². The van der Waals surface area contributed by atoms with Gasteiger partial charge in [0, 0.05) is 10.5 Å². The summed E-state index contributed by atoms with van der Waals surface area (Å²) in [5.41, 5.74) is 3.10. The lowest BCUT2D eigenvalue weighted by atomic mass is 9.90. The van der Waals surface area contributed by atoms with Gasteiger partial charge in [-0.05, 0) is 56.0 Å². The Balaban J connectivity index is 2.45. The number of hydrogen-bond acceptors (Lipinski definition) is 1. The van der Waals surface area contributed by atoms with Crippen LogP contribution in [-0.2, 0) is 0 Å². The van der Waals surface area contributed by atoms with Gasteiger partial charge in [0.15, 0.2) is 0 Å². The van der Waals surface area contributed by atoms with E-state index >= 15 is 0 Å². The van der Waals surface area contributed by atoms with Gasteiger partial charge in [-0.25, -0.2) is 4.39 Å². The molecule has 1 saturated heterocycles. The van der Waals surface area contributed by atoms with E-state index in [1.165, 1.54) is 18.4 Å². The molecule has 0 spiro atoms. The minimum atomic E-state index is -0.111. The molecule has 1 unspecified atom stereocenters. The quantitative estimate of drug-likeness (QED) is 0.822. The number of halogens is 2. The van der Waals surface area contributed by atoms with E-state index in [2.05, 4.69) is 28.2 Å². The first-order chi connectivity index (χ1) is 7.61. The van der Waals surface area contributed by atoms with Crippen molar-refractivity contribution in [1.29, 1.82) is 0 Å². The van der Waals surface area contributed by atoms with E-state index in [-0.39, 0.29) is 5.82 Å². The third-order valence-electron chi connectivity index (χ3n) is 3.44. The standard InChI is InChI=1S/C13H17BrFN/c1-8-10(14)7-11(15)9(2)13(8)12-5-3-4-6-16-12/h7,12,16H,3-6H2,1-2H3. The largest absolute Gasteiger partial charge is 0.310 e. The first kappa shape index (κ1) is 12.1. The number of piperidine rings is 1. The molecule has 0 saturated carbocycles. The zero-order chi connectivity index (χ0) is 11.7. The third-order valence-corrected chi connectivity index (χ3v) is 4.26. The Morgan fingerprint density at radius 1 is 1.31 bits per heavy atom. The summed E-state index contributed by atoms with van der Waals surface area (Å²) < 4.78 is 14.6. The summed E-state index contributed by atoms with van der Waals surface area (Å²) in [6.07, 6.45) is 3.56. The SMILES string of the molecule is Cc1c(F)cc(Br)c(C)c1C1CCCCN1. The average molecular weight is 286 g/mol. The van der Waals surface area contributed by atoms with E-state index in [1.54, 1.807) is 6.07 Å². The molecular formula is C13H17BrFN. The molecule has 1 aromatic rings. The summed E-state index contributed by atoms with van der Waals surface area (Å²) >= 11 is 3.43. The summed E-state index contributed by atoms with van der Waals surface area (Å²) in [5, 5.41) is 3.48. The second kappa shape index (κ2) is 4.84. The summed E-state index contributed by atoms with van der Waals surface area (Å²) in [7, 11) is 0. The predicted molar refractivity (Wildman–Crippen MR) is 68.2 cm³/mol. The molecule has 1 heterocycles. The molecule has 0 aliphatic carbocycles. The molecule has 16 heavy (non-hydrogen) atoms. The van der Waals surface area contributed by atoms with Gasteiger partial charge in [0.25, 0.3) is 0 Å². The van der Waals surface area contributed by atoms with Gasteiger partial charge < -0.3 is 5.32 Å². The highest BCUT2D eigenvalue weighted by Gasteiger charge is 2.21. The van der Waals surface area contributed by atoms with Gasteiger partial charge in [-0.15, -0.1) is 0 Å². The maximum absolute atomic E-state index is 13.7. The Hall–Kier alpha value is -0.410. The van der Waals surface area contributed by atoms with Gasteiger partial charge in [0.05, 0.1) is 0 Å². The van der Waals surface area contributed by atoms with Gasteiger partial charge in [-0.1, -0.05) is 22.4 Å². The van der Waals surface area contributed by atoms with Crippen molar-refractivity contribution in [3.8, 4) is 0 Å². The fourth-order valence-electron chi connectivity index (χ4n) is 2.49. The van der Waals surface area contributed by atoms with Crippen molar-refractivity contribution in [2.24, 2.45) is 0 Å². The van der Waals surface area contributed by atoms with Crippen LogP contribution in [0.25, 0.3) is 0 Å². The Bertz CT molecular complexity index is 371. The normalized spacial score (nSPS) is 21.1. The van der Waals surface area contributed by atoms with Gasteiger partial charge in [-0.2, -0.15) is 0 Å². The Kier molecular flexibility index (Phi) is 3.65. The molecule has 1 fully saturated rings. The highest BCUT2D eigenvalue weighted by molar-refractivity contribution is 9.10. The summed E-state index contributed by atoms with van der Waals surface area (Å²) in [6.45, 7) is 4.97. The summed E-state index contributed by atoms with van der Waals surface area (Å²) in [5.74, 6) is -0.111. The number of hydrogen-bond donors (Lipinski definition) is 1. The Morgan fingerprint density at radius 3 is 2.69 bits per heavy atom. The highest BCUT2D eigenvalue weighted by atomic mass is 79.9. The highest BCUT2D eigenvalue weighted by Crippen LogP contribution is 2.33. The minimum absolute atomic E-state index is 0.111. The van der Waals surface area contributed by atoms with Crippen molar-refractivity contribution in [2.75, 3.05) is 6.54 Å². The molecule has 2 rings (SSSR count). The second-order valence-electron chi connectivity index (χ2n) is 4.51. The molecule has 1 N–H and O–H groups in total. The van der Waals surface area contributed by atoms with Crippen LogP contribution >= 0.6 is 15.9 Å². The number of nitrogens with one attached hydrogen (secondary N) is 1. The van der Waals surface area contributed by atoms with Crippen LogP contribution in [-0.4, -0.2) is 6.54 Å². The van der Waals surface area contributed by atoms with Crippen LogP contribution in [0.2, 0.25) is 0 Å². The van der Waals surface area contributed by atoms with Crippen LogP contribution < -0.4 is 5.32 Å². The molecule has 1 aliphatic rings. The van der Waals surface area contributed by atoms with E-state index in [0.29, 0.717) is 6.04 Å². The summed E-state index contributed by atoms with van der Waals surface area (Å²) in [6, 6.07) is 1.89. The fraction of sp³-hybridized carbons (Fsp3) is 0.538. The topological polar surface area (TPSA) is 12.0 Å². The van der Waals surface area contributed by atoms with Crippen molar-refractivity contribution >= 4 is 15.9 Å². The van der Waals surface area contributed by atoms with Crippen molar-refractivity contribution in [3.63, 3.8) is 0 Å². The minimum Gasteiger partial charge on any atom is -0.310 e.